The third-order valence-electron chi connectivity index (χ3n) is 2.55. The predicted octanol–water partition coefficient (Wildman–Crippen LogP) is 2.75. The first kappa shape index (κ1) is 15.8. The molecule has 1 atom stereocenters. The fraction of sp³-hybridized carbons (Fsp3) is 0.333. The molecule has 104 valence electrons. The van der Waals surface area contributed by atoms with E-state index in [9.17, 15) is 4.79 Å². The SMILES string of the molecule is CCCC(NC(=O)c1cccc(Br)c1Cl)/C(N)=N/O. The summed E-state index contributed by atoms with van der Waals surface area (Å²) < 4.78 is 0.637. The van der Waals surface area contributed by atoms with Gasteiger partial charge in [0, 0.05) is 4.47 Å². The first-order valence-electron chi connectivity index (χ1n) is 5.73. The van der Waals surface area contributed by atoms with E-state index in [2.05, 4.69) is 26.4 Å². The van der Waals surface area contributed by atoms with Crippen LogP contribution in [0.4, 0.5) is 0 Å². The van der Waals surface area contributed by atoms with E-state index in [0.29, 0.717) is 21.5 Å². The number of nitrogens with one attached hydrogen (secondary N) is 1. The molecule has 0 radical (unpaired) electrons. The van der Waals surface area contributed by atoms with E-state index in [-0.39, 0.29) is 11.7 Å². The minimum Gasteiger partial charge on any atom is -0.409 e. The fourth-order valence-electron chi connectivity index (χ4n) is 1.57. The predicted molar refractivity (Wildman–Crippen MR) is 78.7 cm³/mol. The highest BCUT2D eigenvalue weighted by molar-refractivity contribution is 9.10. The lowest BCUT2D eigenvalue weighted by Gasteiger charge is -2.17. The fourth-order valence-corrected chi connectivity index (χ4v) is 2.15. The van der Waals surface area contributed by atoms with E-state index < -0.39 is 6.04 Å². The first-order valence-corrected chi connectivity index (χ1v) is 6.90. The van der Waals surface area contributed by atoms with E-state index >= 15 is 0 Å². The van der Waals surface area contributed by atoms with Crippen molar-refractivity contribution in [3.8, 4) is 0 Å². The molecule has 0 fully saturated rings. The highest BCUT2D eigenvalue weighted by atomic mass is 79.9. The Kier molecular flexibility index (Phi) is 6.11. The quantitative estimate of drug-likeness (QED) is 0.331. The molecule has 4 N–H and O–H groups in total. The van der Waals surface area contributed by atoms with Crippen molar-refractivity contribution in [2.24, 2.45) is 10.9 Å². The van der Waals surface area contributed by atoms with Crippen molar-refractivity contribution in [3.63, 3.8) is 0 Å². The normalized spacial score (nSPS) is 13.1. The summed E-state index contributed by atoms with van der Waals surface area (Å²) in [5, 5.41) is 14.6. The maximum atomic E-state index is 12.1. The van der Waals surface area contributed by atoms with Crippen molar-refractivity contribution in [3.05, 3.63) is 33.3 Å². The van der Waals surface area contributed by atoms with Gasteiger partial charge in [0.05, 0.1) is 16.6 Å². The summed E-state index contributed by atoms with van der Waals surface area (Å²) in [6, 6.07) is 4.55. The molecular formula is C12H15BrClN3O2. The molecule has 1 aromatic rings. The van der Waals surface area contributed by atoms with Crippen LogP contribution in [0.5, 0.6) is 0 Å². The van der Waals surface area contributed by atoms with Gasteiger partial charge in [-0.25, -0.2) is 0 Å². The lowest BCUT2D eigenvalue weighted by molar-refractivity contribution is 0.0945. The number of nitrogens with zero attached hydrogens (tertiary/aromatic N) is 1. The Morgan fingerprint density at radius 1 is 1.63 bits per heavy atom. The van der Waals surface area contributed by atoms with Crippen LogP contribution in [-0.4, -0.2) is 23.0 Å². The van der Waals surface area contributed by atoms with Crippen molar-refractivity contribution in [1.29, 1.82) is 0 Å². The molecule has 0 heterocycles. The minimum absolute atomic E-state index is 0.0266. The van der Waals surface area contributed by atoms with Gasteiger partial charge in [0.2, 0.25) is 0 Å². The molecule has 0 aromatic heterocycles. The Balaban J connectivity index is 2.91. The van der Waals surface area contributed by atoms with Crippen LogP contribution in [0.15, 0.2) is 27.8 Å². The molecule has 19 heavy (non-hydrogen) atoms. The van der Waals surface area contributed by atoms with E-state index in [1.165, 1.54) is 0 Å². The molecule has 0 saturated carbocycles. The topological polar surface area (TPSA) is 87.7 Å². The number of oxime groups is 1. The third-order valence-corrected chi connectivity index (χ3v) is 3.85. The Morgan fingerprint density at radius 3 is 2.89 bits per heavy atom. The van der Waals surface area contributed by atoms with Gasteiger partial charge in [-0.2, -0.15) is 0 Å². The summed E-state index contributed by atoms with van der Waals surface area (Å²) in [4.78, 5) is 12.1. The molecule has 1 rings (SSSR count). The molecular weight excluding hydrogens is 334 g/mol. The van der Waals surface area contributed by atoms with Crippen LogP contribution in [0.3, 0.4) is 0 Å². The van der Waals surface area contributed by atoms with Gasteiger partial charge in [0.1, 0.15) is 0 Å². The standard InChI is InChI=1S/C12H15BrClN3O2/c1-2-4-9(11(15)17-19)16-12(18)7-5-3-6-8(13)10(7)14/h3,5-6,9,19H,2,4H2,1H3,(H2,15,17)(H,16,18). The Bertz CT molecular complexity index is 494. The molecule has 0 aliphatic rings. The summed E-state index contributed by atoms with van der Waals surface area (Å²) in [5.41, 5.74) is 5.88. The second-order valence-corrected chi connectivity index (χ2v) is 5.17. The van der Waals surface area contributed by atoms with Crippen LogP contribution in [0, 0.1) is 0 Å². The zero-order valence-corrected chi connectivity index (χ0v) is 12.7. The number of hydrogen-bond acceptors (Lipinski definition) is 3. The number of hydrogen-bond donors (Lipinski definition) is 3. The average molecular weight is 349 g/mol. The molecule has 1 aromatic carbocycles. The zero-order chi connectivity index (χ0) is 14.4. The van der Waals surface area contributed by atoms with Crippen molar-refractivity contribution < 1.29 is 10.0 Å². The van der Waals surface area contributed by atoms with Gasteiger partial charge in [-0.15, -0.1) is 0 Å². The van der Waals surface area contributed by atoms with Crippen molar-refractivity contribution >= 4 is 39.3 Å². The van der Waals surface area contributed by atoms with Gasteiger partial charge in [-0.1, -0.05) is 36.2 Å². The highest BCUT2D eigenvalue weighted by Gasteiger charge is 2.19. The summed E-state index contributed by atoms with van der Waals surface area (Å²) in [5.74, 6) is -0.391. The first-order chi connectivity index (χ1) is 9.01. The van der Waals surface area contributed by atoms with Crippen LogP contribution in [-0.2, 0) is 0 Å². The monoisotopic (exact) mass is 347 g/mol. The highest BCUT2D eigenvalue weighted by Crippen LogP contribution is 2.25. The third kappa shape index (κ3) is 4.11. The molecule has 1 unspecified atom stereocenters. The summed E-state index contributed by atoms with van der Waals surface area (Å²) in [6.07, 6.45) is 1.36. The van der Waals surface area contributed by atoms with Crippen LogP contribution in [0.1, 0.15) is 30.1 Å². The van der Waals surface area contributed by atoms with Crippen LogP contribution >= 0.6 is 27.5 Å². The number of carbonyl (C=O) groups excluding carboxylic acids is 1. The van der Waals surface area contributed by atoms with Crippen LogP contribution in [0.25, 0.3) is 0 Å². The smallest absolute Gasteiger partial charge is 0.253 e. The van der Waals surface area contributed by atoms with E-state index in [1.54, 1.807) is 18.2 Å². The number of benzene rings is 1. The van der Waals surface area contributed by atoms with Gasteiger partial charge >= 0.3 is 0 Å². The number of rotatable bonds is 5. The lowest BCUT2D eigenvalue weighted by atomic mass is 10.1. The van der Waals surface area contributed by atoms with Crippen molar-refractivity contribution in [1.82, 2.24) is 5.32 Å². The number of carbonyl (C=O) groups is 1. The van der Waals surface area contributed by atoms with Crippen LogP contribution in [0.2, 0.25) is 5.02 Å². The summed E-state index contributed by atoms with van der Waals surface area (Å²) in [6.45, 7) is 1.94. The number of amides is 1. The average Bonchev–Trinajstić information content (AvgIpc) is 2.40. The lowest BCUT2D eigenvalue weighted by Crippen LogP contribution is -2.44. The largest absolute Gasteiger partial charge is 0.409 e. The van der Waals surface area contributed by atoms with Gasteiger partial charge < -0.3 is 16.3 Å². The molecule has 0 aliphatic carbocycles. The Morgan fingerprint density at radius 2 is 2.32 bits per heavy atom. The Hall–Kier alpha value is -1.27. The molecule has 0 bridgehead atoms. The second kappa shape index (κ2) is 7.35. The van der Waals surface area contributed by atoms with Crippen LogP contribution < -0.4 is 11.1 Å². The molecule has 0 aliphatic heterocycles. The van der Waals surface area contributed by atoms with Crippen molar-refractivity contribution in [2.45, 2.75) is 25.8 Å². The Labute approximate surface area is 124 Å². The van der Waals surface area contributed by atoms with Gasteiger partial charge in [0.15, 0.2) is 5.84 Å². The van der Waals surface area contributed by atoms with Gasteiger partial charge in [0.25, 0.3) is 5.91 Å². The number of halogens is 2. The molecule has 0 saturated heterocycles. The molecule has 0 spiro atoms. The maximum absolute atomic E-state index is 12.1. The van der Waals surface area contributed by atoms with E-state index in [1.807, 2.05) is 6.92 Å². The molecule has 1 amide bonds. The summed E-state index contributed by atoms with van der Waals surface area (Å²) in [7, 11) is 0. The van der Waals surface area contributed by atoms with Gasteiger partial charge in [-0.3, -0.25) is 4.79 Å². The van der Waals surface area contributed by atoms with E-state index in [4.69, 9.17) is 22.5 Å². The van der Waals surface area contributed by atoms with Gasteiger partial charge in [-0.05, 0) is 34.5 Å². The molecule has 5 nitrogen and oxygen atoms in total. The molecule has 7 heteroatoms. The second-order valence-electron chi connectivity index (χ2n) is 3.94. The number of nitrogens with two attached hydrogens (primary N) is 1. The van der Waals surface area contributed by atoms with Crippen molar-refractivity contribution in [2.75, 3.05) is 0 Å². The number of amidine groups is 1. The summed E-state index contributed by atoms with van der Waals surface area (Å²) >= 11 is 9.30. The van der Waals surface area contributed by atoms with E-state index in [0.717, 1.165) is 6.42 Å². The zero-order valence-electron chi connectivity index (χ0n) is 10.4. The maximum Gasteiger partial charge on any atom is 0.253 e. The minimum atomic E-state index is -0.516.